The van der Waals surface area contributed by atoms with Gasteiger partial charge in [0.05, 0.1) is 22.0 Å². The van der Waals surface area contributed by atoms with E-state index >= 15 is 0 Å². The highest BCUT2D eigenvalue weighted by atomic mass is 16.3. The van der Waals surface area contributed by atoms with Gasteiger partial charge in [0.15, 0.2) is 11.6 Å². The molecule has 0 fully saturated rings. The van der Waals surface area contributed by atoms with E-state index < -0.39 is 5.41 Å². The van der Waals surface area contributed by atoms with Gasteiger partial charge in [-0.3, -0.25) is 4.57 Å². The molecule has 0 aliphatic heterocycles. The Morgan fingerprint density at radius 1 is 0.552 bits per heavy atom. The first-order chi connectivity index (χ1) is 28.7. The molecule has 0 atom stereocenters. The molecule has 1 aliphatic carbocycles. The zero-order valence-corrected chi connectivity index (χ0v) is 31.6. The van der Waals surface area contributed by atoms with Crippen LogP contribution >= 0.6 is 0 Å². The number of rotatable bonds is 5. The van der Waals surface area contributed by atoms with E-state index in [0.717, 1.165) is 71.6 Å². The van der Waals surface area contributed by atoms with Crippen LogP contribution in [0.5, 0.6) is 0 Å². The number of nitrogens with zero attached hydrogens (tertiary/aromatic N) is 4. The van der Waals surface area contributed by atoms with E-state index in [9.17, 15) is 0 Å². The Balaban J connectivity index is 1.23. The molecular weight excluding hydrogens is 709 g/mol. The van der Waals surface area contributed by atoms with Gasteiger partial charge in [0, 0.05) is 27.1 Å². The molecule has 0 saturated heterocycles. The zero-order chi connectivity index (χ0) is 38.6. The van der Waals surface area contributed by atoms with Crippen LogP contribution < -0.4 is 0 Å². The van der Waals surface area contributed by atoms with Crippen LogP contribution in [0, 0.1) is 0 Å². The number of allylic oxidation sites excluding steroid dienone is 5. The number of para-hydroxylation sites is 3. The maximum absolute atomic E-state index is 6.52. The molecule has 7 aromatic carbocycles. The predicted octanol–water partition coefficient (Wildman–Crippen LogP) is 12.8. The van der Waals surface area contributed by atoms with E-state index in [2.05, 4.69) is 138 Å². The fraction of sp³-hybridized carbons (Fsp3) is 0.0377. The van der Waals surface area contributed by atoms with Gasteiger partial charge in [-0.1, -0.05) is 176 Å². The van der Waals surface area contributed by atoms with Gasteiger partial charge < -0.3 is 4.42 Å². The van der Waals surface area contributed by atoms with Crippen LogP contribution in [-0.2, 0) is 11.8 Å². The summed E-state index contributed by atoms with van der Waals surface area (Å²) in [6, 6.07) is 59.2. The first kappa shape index (κ1) is 33.7. The first-order valence-electron chi connectivity index (χ1n) is 19.6. The van der Waals surface area contributed by atoms with E-state index in [0.29, 0.717) is 24.0 Å². The minimum Gasteiger partial charge on any atom is -0.455 e. The molecule has 0 unspecified atom stereocenters. The minimum absolute atomic E-state index is 0.533. The summed E-state index contributed by atoms with van der Waals surface area (Å²) < 4.78 is 8.73. The molecule has 11 rings (SSSR count). The Morgan fingerprint density at radius 2 is 1.21 bits per heavy atom. The van der Waals surface area contributed by atoms with Crippen molar-refractivity contribution in [3.8, 4) is 28.7 Å². The van der Waals surface area contributed by atoms with Crippen molar-refractivity contribution in [1.29, 1.82) is 0 Å². The normalized spacial score (nSPS) is 14.9. The molecule has 1 aliphatic rings. The summed E-state index contributed by atoms with van der Waals surface area (Å²) in [5, 5.41) is 4.36. The lowest BCUT2D eigenvalue weighted by atomic mass is 9.63. The highest BCUT2D eigenvalue weighted by molar-refractivity contribution is 6.12. The summed E-state index contributed by atoms with van der Waals surface area (Å²) in [6.07, 6.45) is 9.39. The summed E-state index contributed by atoms with van der Waals surface area (Å²) in [7, 11) is 0. The Labute approximate surface area is 335 Å². The van der Waals surface area contributed by atoms with Gasteiger partial charge in [-0.15, -0.1) is 0 Å². The molecule has 274 valence electrons. The predicted molar refractivity (Wildman–Crippen MR) is 236 cm³/mol. The molecule has 0 spiro atoms. The second kappa shape index (κ2) is 13.5. The van der Waals surface area contributed by atoms with E-state index in [1.54, 1.807) is 0 Å². The summed E-state index contributed by atoms with van der Waals surface area (Å²) in [6.45, 7) is 4.81. The van der Waals surface area contributed by atoms with Gasteiger partial charge in [0.1, 0.15) is 11.2 Å². The maximum atomic E-state index is 6.52. The van der Waals surface area contributed by atoms with Gasteiger partial charge in [-0.25, -0.2) is 4.98 Å². The molecule has 58 heavy (non-hydrogen) atoms. The molecule has 3 heterocycles. The maximum Gasteiger partial charge on any atom is 0.238 e. The number of benzene rings is 7. The molecular formula is C53H36N4O. The fourth-order valence-electron chi connectivity index (χ4n) is 9.09. The van der Waals surface area contributed by atoms with E-state index in [4.69, 9.17) is 25.9 Å². The highest BCUT2D eigenvalue weighted by Gasteiger charge is 2.41. The standard InChI is InChI=1S/C53H36N4O/c1-35-19-6-2-13-27-41-44(53(35,37-22-9-4-10-23-37)38-24-11-5-12-25-38)33-34-46-48(41)42-28-14-16-31-45(42)57(46)52-55-50(36-20-7-3-8-21-36)54-51(56-52)43-30-18-29-40-39-26-15-17-32-47(39)58-49(40)43/h2-26,28-34H,1,27H2/b13-2-,19-6-. The molecule has 5 nitrogen and oxygen atoms in total. The molecule has 5 heteroatoms. The third-order valence-electron chi connectivity index (χ3n) is 11.6. The van der Waals surface area contributed by atoms with Gasteiger partial charge in [-0.2, -0.15) is 9.97 Å². The molecule has 0 saturated carbocycles. The fourth-order valence-corrected chi connectivity index (χ4v) is 9.09. The molecule has 3 aromatic heterocycles. The first-order valence-corrected chi connectivity index (χ1v) is 19.6. The van der Waals surface area contributed by atoms with Crippen LogP contribution in [0.25, 0.3) is 72.5 Å². The van der Waals surface area contributed by atoms with E-state index in [-0.39, 0.29) is 0 Å². The van der Waals surface area contributed by atoms with Crippen molar-refractivity contribution in [3.63, 3.8) is 0 Å². The van der Waals surface area contributed by atoms with Crippen LogP contribution in [0.2, 0.25) is 0 Å². The summed E-state index contributed by atoms with van der Waals surface area (Å²) >= 11 is 0. The van der Waals surface area contributed by atoms with Crippen LogP contribution in [0.1, 0.15) is 22.3 Å². The Bertz CT molecular complexity index is 3230. The summed E-state index contributed by atoms with van der Waals surface area (Å²) in [4.78, 5) is 15.7. The van der Waals surface area contributed by atoms with Crippen molar-refractivity contribution < 1.29 is 4.42 Å². The van der Waals surface area contributed by atoms with Crippen LogP contribution in [0.15, 0.2) is 211 Å². The Kier molecular flexibility index (Phi) is 7.86. The SMILES string of the molecule is C=C1/C=C\C=C/Cc2c(ccc3c2c2ccccc2n3-c2nc(-c3ccccc3)nc(-c3cccc4c3oc3ccccc34)n2)C1(c1ccccc1)c1ccccc1. The smallest absolute Gasteiger partial charge is 0.238 e. The second-order valence-electron chi connectivity index (χ2n) is 14.8. The van der Waals surface area contributed by atoms with Gasteiger partial charge in [0.25, 0.3) is 0 Å². The van der Waals surface area contributed by atoms with Crippen molar-refractivity contribution in [2.75, 3.05) is 0 Å². The van der Waals surface area contributed by atoms with Gasteiger partial charge in [-0.05, 0) is 58.5 Å². The number of aromatic nitrogens is 4. The highest BCUT2D eigenvalue weighted by Crippen LogP contribution is 2.49. The third kappa shape index (κ3) is 5.14. The topological polar surface area (TPSA) is 56.7 Å². The Hall–Kier alpha value is -7.63. The quantitative estimate of drug-likeness (QED) is 0.176. The van der Waals surface area contributed by atoms with Crippen LogP contribution in [0.4, 0.5) is 0 Å². The minimum atomic E-state index is -0.663. The molecule has 0 radical (unpaired) electrons. The van der Waals surface area contributed by atoms with Crippen molar-refractivity contribution in [3.05, 3.63) is 229 Å². The van der Waals surface area contributed by atoms with Crippen molar-refractivity contribution in [1.82, 2.24) is 19.5 Å². The molecule has 10 aromatic rings. The Morgan fingerprint density at radius 3 is 1.98 bits per heavy atom. The number of hydrogen-bond acceptors (Lipinski definition) is 4. The largest absolute Gasteiger partial charge is 0.455 e. The monoisotopic (exact) mass is 744 g/mol. The second-order valence-corrected chi connectivity index (χ2v) is 14.8. The number of hydrogen-bond donors (Lipinski definition) is 0. The summed E-state index contributed by atoms with van der Waals surface area (Å²) in [5.41, 5.74) is 10.4. The lowest BCUT2D eigenvalue weighted by Crippen LogP contribution is -2.32. The average molecular weight is 745 g/mol. The van der Waals surface area contributed by atoms with Gasteiger partial charge in [0.2, 0.25) is 5.95 Å². The molecule has 0 N–H and O–H groups in total. The van der Waals surface area contributed by atoms with Crippen LogP contribution in [0.3, 0.4) is 0 Å². The lowest BCUT2D eigenvalue weighted by molar-refractivity contribution is 0.669. The van der Waals surface area contributed by atoms with E-state index in [1.807, 2.05) is 60.7 Å². The lowest BCUT2D eigenvalue weighted by Gasteiger charge is -2.38. The summed E-state index contributed by atoms with van der Waals surface area (Å²) in [5.74, 6) is 1.66. The van der Waals surface area contributed by atoms with Gasteiger partial charge >= 0.3 is 0 Å². The third-order valence-corrected chi connectivity index (χ3v) is 11.6. The number of furan rings is 1. The molecule has 0 bridgehead atoms. The van der Waals surface area contributed by atoms with E-state index in [1.165, 1.54) is 11.1 Å². The molecule has 0 amide bonds. The average Bonchev–Trinajstić information content (AvgIpc) is 3.85. The van der Waals surface area contributed by atoms with Crippen LogP contribution in [-0.4, -0.2) is 19.5 Å². The van der Waals surface area contributed by atoms with Crippen molar-refractivity contribution >= 4 is 43.7 Å². The number of fused-ring (bicyclic) bond motifs is 8. The van der Waals surface area contributed by atoms with Crippen molar-refractivity contribution in [2.24, 2.45) is 0 Å². The zero-order valence-electron chi connectivity index (χ0n) is 31.6. The van der Waals surface area contributed by atoms with Crippen molar-refractivity contribution in [2.45, 2.75) is 11.8 Å².